The normalized spacial score (nSPS) is 11.0. The summed E-state index contributed by atoms with van der Waals surface area (Å²) >= 11 is 12.2. The van der Waals surface area contributed by atoms with Crippen LogP contribution in [0.3, 0.4) is 0 Å². The first-order valence-electron chi connectivity index (χ1n) is 7.57. The second-order valence-electron chi connectivity index (χ2n) is 5.40. The molecule has 24 heavy (non-hydrogen) atoms. The maximum absolute atomic E-state index is 12.0. The number of aryl methyl sites for hydroxylation is 1. The van der Waals surface area contributed by atoms with Crippen LogP contribution in [0, 0.1) is 6.92 Å². The Morgan fingerprint density at radius 2 is 2.00 bits per heavy atom. The van der Waals surface area contributed by atoms with Gasteiger partial charge in [0.2, 0.25) is 0 Å². The Morgan fingerprint density at radius 3 is 2.71 bits per heavy atom. The van der Waals surface area contributed by atoms with Gasteiger partial charge in [-0.1, -0.05) is 29.3 Å². The minimum absolute atomic E-state index is 0.339. The van der Waals surface area contributed by atoms with Crippen LogP contribution < -0.4 is 0 Å². The Morgan fingerprint density at radius 1 is 1.21 bits per heavy atom. The van der Waals surface area contributed by atoms with Gasteiger partial charge in [-0.15, -0.1) is 0 Å². The maximum atomic E-state index is 12.0. The summed E-state index contributed by atoms with van der Waals surface area (Å²) in [7, 11) is 0. The molecular formula is C18H16Cl2N2O2. The van der Waals surface area contributed by atoms with Crippen molar-refractivity contribution in [2.45, 2.75) is 20.4 Å². The summed E-state index contributed by atoms with van der Waals surface area (Å²) in [6.07, 6.45) is 0. The van der Waals surface area contributed by atoms with E-state index in [1.165, 1.54) is 0 Å². The van der Waals surface area contributed by atoms with Crippen molar-refractivity contribution in [3.8, 4) is 0 Å². The molecule has 3 aromatic rings. The number of aromatic nitrogens is 2. The molecule has 0 amide bonds. The lowest BCUT2D eigenvalue weighted by atomic mass is 10.2. The van der Waals surface area contributed by atoms with Crippen molar-refractivity contribution in [1.82, 2.24) is 9.55 Å². The molecule has 0 saturated carbocycles. The van der Waals surface area contributed by atoms with Gasteiger partial charge in [0.05, 0.1) is 29.7 Å². The molecule has 1 heterocycles. The second-order valence-corrected chi connectivity index (χ2v) is 6.25. The molecule has 0 fully saturated rings. The van der Waals surface area contributed by atoms with Crippen molar-refractivity contribution >= 4 is 40.2 Å². The fourth-order valence-electron chi connectivity index (χ4n) is 2.60. The number of esters is 1. The van der Waals surface area contributed by atoms with E-state index in [1.54, 1.807) is 31.2 Å². The van der Waals surface area contributed by atoms with Crippen molar-refractivity contribution in [2.75, 3.05) is 6.61 Å². The van der Waals surface area contributed by atoms with Crippen LogP contribution in [-0.4, -0.2) is 22.1 Å². The van der Waals surface area contributed by atoms with Crippen LogP contribution in [-0.2, 0) is 11.3 Å². The highest BCUT2D eigenvalue weighted by molar-refractivity contribution is 6.35. The van der Waals surface area contributed by atoms with E-state index in [0.717, 1.165) is 22.4 Å². The molecule has 0 bridgehead atoms. The highest BCUT2D eigenvalue weighted by Gasteiger charge is 2.13. The van der Waals surface area contributed by atoms with Crippen molar-refractivity contribution in [3.05, 3.63) is 63.4 Å². The van der Waals surface area contributed by atoms with Crippen molar-refractivity contribution < 1.29 is 9.53 Å². The second kappa shape index (κ2) is 6.83. The van der Waals surface area contributed by atoms with Gasteiger partial charge in [0.1, 0.15) is 5.82 Å². The fourth-order valence-corrected chi connectivity index (χ4v) is 3.07. The number of halogens is 2. The molecule has 0 spiro atoms. The van der Waals surface area contributed by atoms with E-state index in [0.29, 0.717) is 28.8 Å². The molecule has 124 valence electrons. The quantitative estimate of drug-likeness (QED) is 0.621. The first-order valence-corrected chi connectivity index (χ1v) is 8.33. The van der Waals surface area contributed by atoms with Crippen molar-refractivity contribution in [3.63, 3.8) is 0 Å². The number of ether oxygens (including phenoxy) is 1. The molecular weight excluding hydrogens is 347 g/mol. The summed E-state index contributed by atoms with van der Waals surface area (Å²) in [6, 6.07) is 10.8. The number of imidazole rings is 1. The average molecular weight is 363 g/mol. The smallest absolute Gasteiger partial charge is 0.338 e. The molecule has 0 atom stereocenters. The third-order valence-electron chi connectivity index (χ3n) is 3.79. The molecule has 0 saturated heterocycles. The van der Waals surface area contributed by atoms with E-state index in [4.69, 9.17) is 27.9 Å². The third kappa shape index (κ3) is 3.25. The van der Waals surface area contributed by atoms with Gasteiger partial charge in [0.15, 0.2) is 0 Å². The van der Waals surface area contributed by atoms with Crippen molar-refractivity contribution in [2.24, 2.45) is 0 Å². The standard InChI is InChI=1S/C18H16Cl2N2O2/c1-3-24-18(23)12-5-7-16-17(8-12)22(11(2)21-16)10-13-4-6-14(19)9-15(13)20/h4-9H,3,10H2,1-2H3. The largest absolute Gasteiger partial charge is 0.462 e. The molecule has 2 aromatic carbocycles. The topological polar surface area (TPSA) is 44.1 Å². The zero-order valence-corrected chi connectivity index (χ0v) is 14.9. The van der Waals surface area contributed by atoms with Gasteiger partial charge in [0, 0.05) is 10.0 Å². The van der Waals surface area contributed by atoms with E-state index in [-0.39, 0.29) is 5.97 Å². The first-order chi connectivity index (χ1) is 11.5. The summed E-state index contributed by atoms with van der Waals surface area (Å²) in [6.45, 7) is 4.60. The Labute approximate surface area is 150 Å². The third-order valence-corrected chi connectivity index (χ3v) is 4.38. The fraction of sp³-hybridized carbons (Fsp3) is 0.222. The van der Waals surface area contributed by atoms with Gasteiger partial charge in [-0.25, -0.2) is 9.78 Å². The molecule has 0 aliphatic carbocycles. The van der Waals surface area contributed by atoms with Crippen LogP contribution in [0.15, 0.2) is 36.4 Å². The highest BCUT2D eigenvalue weighted by Crippen LogP contribution is 2.25. The number of benzene rings is 2. The van der Waals surface area contributed by atoms with E-state index >= 15 is 0 Å². The zero-order chi connectivity index (χ0) is 17.3. The van der Waals surface area contributed by atoms with Gasteiger partial charge in [-0.3, -0.25) is 0 Å². The predicted molar refractivity (Wildman–Crippen MR) is 96.0 cm³/mol. The van der Waals surface area contributed by atoms with Gasteiger partial charge < -0.3 is 9.30 Å². The number of hydrogen-bond donors (Lipinski definition) is 0. The molecule has 0 aliphatic rings. The van der Waals surface area contributed by atoms with E-state index in [2.05, 4.69) is 4.98 Å². The number of rotatable bonds is 4. The number of fused-ring (bicyclic) bond motifs is 1. The van der Waals surface area contributed by atoms with Crippen molar-refractivity contribution in [1.29, 1.82) is 0 Å². The Kier molecular flexibility index (Phi) is 4.78. The average Bonchev–Trinajstić information content (AvgIpc) is 2.85. The van der Waals surface area contributed by atoms with Gasteiger partial charge >= 0.3 is 5.97 Å². The van der Waals surface area contributed by atoms with E-state index < -0.39 is 0 Å². The van der Waals surface area contributed by atoms with Crippen LogP contribution in [0.4, 0.5) is 0 Å². The minimum atomic E-state index is -0.339. The van der Waals surface area contributed by atoms with E-state index in [1.807, 2.05) is 23.6 Å². The Bertz CT molecular complexity index is 919. The number of hydrogen-bond acceptors (Lipinski definition) is 3. The van der Waals surface area contributed by atoms with Crippen LogP contribution in [0.5, 0.6) is 0 Å². The van der Waals surface area contributed by atoms with Gasteiger partial charge in [-0.2, -0.15) is 0 Å². The Hall–Kier alpha value is -2.04. The van der Waals surface area contributed by atoms with Crippen LogP contribution >= 0.6 is 23.2 Å². The van der Waals surface area contributed by atoms with Crippen LogP contribution in [0.25, 0.3) is 11.0 Å². The molecule has 3 rings (SSSR count). The SMILES string of the molecule is CCOC(=O)c1ccc2nc(C)n(Cc3ccc(Cl)cc3Cl)c2c1. The first kappa shape index (κ1) is 16.8. The lowest BCUT2D eigenvalue weighted by Crippen LogP contribution is -2.06. The molecule has 4 nitrogen and oxygen atoms in total. The molecule has 0 radical (unpaired) electrons. The summed E-state index contributed by atoms with van der Waals surface area (Å²) in [5.41, 5.74) is 3.13. The minimum Gasteiger partial charge on any atom is -0.462 e. The number of nitrogens with zero attached hydrogens (tertiary/aromatic N) is 2. The van der Waals surface area contributed by atoms with Gasteiger partial charge in [0.25, 0.3) is 0 Å². The molecule has 0 unspecified atom stereocenters. The molecule has 1 aromatic heterocycles. The molecule has 6 heteroatoms. The summed E-state index contributed by atoms with van der Waals surface area (Å²) in [5.74, 6) is 0.506. The molecule has 0 aliphatic heterocycles. The van der Waals surface area contributed by atoms with Crippen LogP contribution in [0.2, 0.25) is 10.0 Å². The van der Waals surface area contributed by atoms with E-state index in [9.17, 15) is 4.79 Å². The monoisotopic (exact) mass is 362 g/mol. The predicted octanol–water partition coefficient (Wildman–Crippen LogP) is 4.88. The summed E-state index contributed by atoms with van der Waals surface area (Å²) < 4.78 is 7.09. The van der Waals surface area contributed by atoms with Gasteiger partial charge in [-0.05, 0) is 49.7 Å². The number of carbonyl (C=O) groups is 1. The maximum Gasteiger partial charge on any atom is 0.338 e. The lowest BCUT2D eigenvalue weighted by Gasteiger charge is -2.10. The number of carbonyl (C=O) groups excluding carboxylic acids is 1. The zero-order valence-electron chi connectivity index (χ0n) is 13.3. The summed E-state index contributed by atoms with van der Waals surface area (Å²) in [5, 5.41) is 1.20. The Balaban J connectivity index is 2.04. The van der Waals surface area contributed by atoms with Crippen LogP contribution in [0.1, 0.15) is 28.7 Å². The summed E-state index contributed by atoms with van der Waals surface area (Å²) in [4.78, 5) is 16.5. The molecule has 0 N–H and O–H groups in total. The lowest BCUT2D eigenvalue weighted by molar-refractivity contribution is 0.0526. The highest BCUT2D eigenvalue weighted by atomic mass is 35.5.